The molecule has 3 rings (SSSR count). The average Bonchev–Trinajstić information content (AvgIpc) is 2.74. The van der Waals surface area contributed by atoms with Crippen LogP contribution in [0.5, 0.6) is 0 Å². The maximum atomic E-state index is 13.8. The number of hydrogen-bond acceptors (Lipinski definition) is 4. The molecule has 0 aliphatic carbocycles. The minimum Gasteiger partial charge on any atom is -0.271 e. The summed E-state index contributed by atoms with van der Waals surface area (Å²) in [6.45, 7) is 1.30. The predicted octanol–water partition coefficient (Wildman–Crippen LogP) is 4.90. The maximum absolute atomic E-state index is 13.8. The van der Waals surface area contributed by atoms with Crippen molar-refractivity contribution in [2.24, 2.45) is 5.10 Å². The van der Waals surface area contributed by atoms with E-state index in [9.17, 15) is 17.6 Å². The van der Waals surface area contributed by atoms with Gasteiger partial charge in [0.15, 0.2) is 0 Å². The van der Waals surface area contributed by atoms with Gasteiger partial charge < -0.3 is 0 Å². The van der Waals surface area contributed by atoms with Crippen molar-refractivity contribution < 1.29 is 17.6 Å². The van der Waals surface area contributed by atoms with E-state index in [2.05, 4.69) is 26.5 Å². The Kier molecular flexibility index (Phi) is 7.65. The second-order valence-electron chi connectivity index (χ2n) is 6.73. The van der Waals surface area contributed by atoms with Crippen LogP contribution in [0.1, 0.15) is 11.1 Å². The Morgan fingerprint density at radius 1 is 1.16 bits per heavy atom. The van der Waals surface area contributed by atoms with Crippen LogP contribution in [0.4, 0.5) is 10.1 Å². The fourth-order valence-electron chi connectivity index (χ4n) is 2.75. The van der Waals surface area contributed by atoms with Gasteiger partial charge in [-0.1, -0.05) is 57.4 Å². The Morgan fingerprint density at radius 2 is 1.84 bits per heavy atom. The molecular weight excluding hydrogens is 521 g/mol. The van der Waals surface area contributed by atoms with E-state index < -0.39 is 28.3 Å². The fourth-order valence-corrected chi connectivity index (χ4v) is 4.76. The lowest BCUT2D eigenvalue weighted by molar-refractivity contribution is -0.119. The highest BCUT2D eigenvalue weighted by Gasteiger charge is 2.27. The molecule has 0 aliphatic rings. The normalized spacial score (nSPS) is 11.5. The predicted molar refractivity (Wildman–Crippen MR) is 127 cm³/mol. The standard InChI is InChI=1S/C22H18BrClFN3O3S/c1-15-8-10-18(11-9-15)32(30,31)28(17-5-2-4-16(23)12-17)14-22(29)27-26-13-19-20(24)6-3-7-21(19)25/h2-13H,14H2,1H3,(H,27,29)/b26-13-. The molecule has 0 unspecified atom stereocenters. The van der Waals surface area contributed by atoms with Gasteiger partial charge in [-0.25, -0.2) is 18.2 Å². The first kappa shape index (κ1) is 23.9. The molecule has 0 atom stereocenters. The number of aryl methyl sites for hydroxylation is 1. The minimum atomic E-state index is -4.05. The smallest absolute Gasteiger partial charge is 0.264 e. The average molecular weight is 539 g/mol. The molecule has 3 aromatic rings. The van der Waals surface area contributed by atoms with Crippen molar-refractivity contribution >= 4 is 55.4 Å². The summed E-state index contributed by atoms with van der Waals surface area (Å²) in [4.78, 5) is 12.6. The number of hydrogen-bond donors (Lipinski definition) is 1. The topological polar surface area (TPSA) is 78.8 Å². The number of nitrogens with zero attached hydrogens (tertiary/aromatic N) is 2. The molecular formula is C22H18BrClFN3O3S. The highest BCUT2D eigenvalue weighted by atomic mass is 79.9. The molecule has 10 heteroatoms. The van der Waals surface area contributed by atoms with Crippen LogP contribution in [-0.2, 0) is 14.8 Å². The van der Waals surface area contributed by atoms with Crippen molar-refractivity contribution in [3.05, 3.63) is 93.2 Å². The van der Waals surface area contributed by atoms with Gasteiger partial charge in [0.1, 0.15) is 12.4 Å². The van der Waals surface area contributed by atoms with E-state index in [1.54, 1.807) is 36.4 Å². The third kappa shape index (κ3) is 5.73. The van der Waals surface area contributed by atoms with Crippen LogP contribution in [0.3, 0.4) is 0 Å². The summed E-state index contributed by atoms with van der Waals surface area (Å²) in [6, 6.07) is 17.0. The summed E-state index contributed by atoms with van der Waals surface area (Å²) in [5.74, 6) is -1.32. The number of benzene rings is 3. The van der Waals surface area contributed by atoms with Crippen LogP contribution >= 0.6 is 27.5 Å². The van der Waals surface area contributed by atoms with Gasteiger partial charge in [-0.15, -0.1) is 0 Å². The highest BCUT2D eigenvalue weighted by Crippen LogP contribution is 2.26. The van der Waals surface area contributed by atoms with Crippen molar-refractivity contribution in [1.29, 1.82) is 0 Å². The molecule has 0 fully saturated rings. The fraction of sp³-hybridized carbons (Fsp3) is 0.0909. The van der Waals surface area contributed by atoms with E-state index in [0.717, 1.165) is 16.1 Å². The van der Waals surface area contributed by atoms with Gasteiger partial charge in [-0.2, -0.15) is 5.10 Å². The van der Waals surface area contributed by atoms with Crippen LogP contribution in [-0.4, -0.2) is 27.1 Å². The molecule has 32 heavy (non-hydrogen) atoms. The number of anilines is 1. The number of amides is 1. The van der Waals surface area contributed by atoms with Gasteiger partial charge in [-0.05, 0) is 49.4 Å². The van der Waals surface area contributed by atoms with Crippen molar-refractivity contribution in [1.82, 2.24) is 5.43 Å². The Hall–Kier alpha value is -2.75. The molecule has 0 aromatic heterocycles. The van der Waals surface area contributed by atoms with Gasteiger partial charge >= 0.3 is 0 Å². The van der Waals surface area contributed by atoms with Gasteiger partial charge in [-0.3, -0.25) is 9.10 Å². The molecule has 0 aliphatic heterocycles. The van der Waals surface area contributed by atoms with Crippen molar-refractivity contribution in [3.63, 3.8) is 0 Å². The number of halogens is 3. The summed E-state index contributed by atoms with van der Waals surface area (Å²) < 4.78 is 42.1. The van der Waals surface area contributed by atoms with Gasteiger partial charge in [0.25, 0.3) is 15.9 Å². The summed E-state index contributed by atoms with van der Waals surface area (Å²) in [7, 11) is -4.05. The molecule has 0 heterocycles. The summed E-state index contributed by atoms with van der Waals surface area (Å²) >= 11 is 9.24. The quantitative estimate of drug-likeness (QED) is 0.343. The minimum absolute atomic E-state index is 0.00518. The maximum Gasteiger partial charge on any atom is 0.264 e. The number of sulfonamides is 1. The molecule has 3 aromatic carbocycles. The first-order chi connectivity index (χ1) is 15.2. The SMILES string of the molecule is Cc1ccc(S(=O)(=O)N(CC(=O)N/N=C\c2c(F)cccc2Cl)c2cccc(Br)c2)cc1. The van der Waals surface area contributed by atoms with E-state index in [0.29, 0.717) is 4.47 Å². The lowest BCUT2D eigenvalue weighted by Crippen LogP contribution is -2.39. The molecule has 0 bridgehead atoms. The molecule has 0 spiro atoms. The van der Waals surface area contributed by atoms with Crippen LogP contribution < -0.4 is 9.73 Å². The summed E-state index contributed by atoms with van der Waals surface area (Å²) in [5, 5.41) is 3.84. The molecule has 1 amide bonds. The highest BCUT2D eigenvalue weighted by molar-refractivity contribution is 9.10. The Balaban J connectivity index is 1.87. The van der Waals surface area contributed by atoms with E-state index in [1.807, 2.05) is 6.92 Å². The Morgan fingerprint density at radius 3 is 2.50 bits per heavy atom. The molecule has 1 N–H and O–H groups in total. The number of carbonyl (C=O) groups excluding carboxylic acids is 1. The van der Waals surface area contributed by atoms with E-state index >= 15 is 0 Å². The molecule has 6 nitrogen and oxygen atoms in total. The summed E-state index contributed by atoms with van der Waals surface area (Å²) in [5.41, 5.74) is 3.41. The largest absolute Gasteiger partial charge is 0.271 e. The summed E-state index contributed by atoms with van der Waals surface area (Å²) in [6.07, 6.45) is 1.06. The zero-order valence-corrected chi connectivity index (χ0v) is 20.0. The van der Waals surface area contributed by atoms with Crippen LogP contribution in [0, 0.1) is 12.7 Å². The Bertz CT molecular complexity index is 1250. The van der Waals surface area contributed by atoms with Gasteiger partial charge in [0.05, 0.1) is 21.8 Å². The number of carbonyl (C=O) groups is 1. The third-order valence-electron chi connectivity index (χ3n) is 4.37. The number of nitrogens with one attached hydrogen (secondary N) is 1. The van der Waals surface area contributed by atoms with Crippen molar-refractivity contribution in [3.8, 4) is 0 Å². The van der Waals surface area contributed by atoms with E-state index in [1.165, 1.54) is 30.3 Å². The lowest BCUT2D eigenvalue weighted by atomic mass is 10.2. The molecule has 0 saturated carbocycles. The van der Waals surface area contributed by atoms with Gasteiger partial charge in [0, 0.05) is 10.0 Å². The van der Waals surface area contributed by atoms with Gasteiger partial charge in [0.2, 0.25) is 0 Å². The number of hydrazone groups is 1. The van der Waals surface area contributed by atoms with E-state index in [4.69, 9.17) is 11.6 Å². The monoisotopic (exact) mass is 537 g/mol. The second kappa shape index (κ2) is 10.2. The number of rotatable bonds is 7. The van der Waals surface area contributed by atoms with Crippen LogP contribution in [0.2, 0.25) is 5.02 Å². The van der Waals surface area contributed by atoms with Crippen molar-refractivity contribution in [2.45, 2.75) is 11.8 Å². The molecule has 0 saturated heterocycles. The van der Waals surface area contributed by atoms with E-state index in [-0.39, 0.29) is 21.2 Å². The second-order valence-corrected chi connectivity index (χ2v) is 9.92. The first-order valence-corrected chi connectivity index (χ1v) is 11.9. The van der Waals surface area contributed by atoms with Crippen molar-refractivity contribution in [2.75, 3.05) is 10.8 Å². The third-order valence-corrected chi connectivity index (χ3v) is 6.99. The molecule has 0 radical (unpaired) electrons. The van der Waals surface area contributed by atoms with Crippen LogP contribution in [0.15, 0.2) is 81.2 Å². The zero-order chi connectivity index (χ0) is 23.3. The Labute approximate surface area is 198 Å². The first-order valence-electron chi connectivity index (χ1n) is 9.29. The van der Waals surface area contributed by atoms with Crippen LogP contribution in [0.25, 0.3) is 0 Å². The lowest BCUT2D eigenvalue weighted by Gasteiger charge is -2.24. The molecule has 166 valence electrons. The zero-order valence-electron chi connectivity index (χ0n) is 16.8.